The van der Waals surface area contributed by atoms with Gasteiger partial charge in [-0.1, -0.05) is 30.3 Å². The summed E-state index contributed by atoms with van der Waals surface area (Å²) in [7, 11) is -3.34. The summed E-state index contributed by atoms with van der Waals surface area (Å²) in [5.74, 6) is -0.214. The zero-order valence-electron chi connectivity index (χ0n) is 19.3. The molecule has 1 aliphatic rings. The summed E-state index contributed by atoms with van der Waals surface area (Å²) in [6.45, 7) is 3.95. The monoisotopic (exact) mass is 476 g/mol. The molecule has 3 aromatic carbocycles. The molecule has 0 radical (unpaired) electrons. The fourth-order valence-corrected chi connectivity index (χ4v) is 5.14. The molecule has 0 bridgehead atoms. The van der Waals surface area contributed by atoms with Crippen LogP contribution in [0.3, 0.4) is 0 Å². The van der Waals surface area contributed by atoms with E-state index in [1.54, 1.807) is 43.0 Å². The number of nitrogens with one attached hydrogen (secondary N) is 1. The van der Waals surface area contributed by atoms with Crippen molar-refractivity contribution in [3.8, 4) is 0 Å². The number of benzene rings is 3. The topological polar surface area (TPSA) is 83.6 Å². The number of anilines is 2. The minimum absolute atomic E-state index is 0.0266. The molecule has 3 aromatic rings. The molecule has 0 fully saturated rings. The van der Waals surface area contributed by atoms with E-state index in [-0.39, 0.29) is 23.1 Å². The van der Waals surface area contributed by atoms with Crippen LogP contribution in [-0.2, 0) is 27.5 Å². The van der Waals surface area contributed by atoms with Crippen LogP contribution in [0.1, 0.15) is 41.8 Å². The maximum absolute atomic E-state index is 13.0. The zero-order chi connectivity index (χ0) is 24.3. The van der Waals surface area contributed by atoms with Gasteiger partial charge < -0.3 is 10.2 Å². The maximum Gasteiger partial charge on any atom is 0.258 e. The molecule has 1 heterocycles. The molecule has 0 spiro atoms. The first kappa shape index (κ1) is 23.7. The number of aryl methyl sites for hydroxylation is 1. The van der Waals surface area contributed by atoms with Crippen LogP contribution in [0.5, 0.6) is 0 Å². The molecule has 0 aromatic heterocycles. The van der Waals surface area contributed by atoms with Gasteiger partial charge in [-0.3, -0.25) is 9.59 Å². The van der Waals surface area contributed by atoms with Crippen molar-refractivity contribution in [2.24, 2.45) is 0 Å². The van der Waals surface area contributed by atoms with Crippen LogP contribution >= 0.6 is 0 Å². The van der Waals surface area contributed by atoms with Gasteiger partial charge >= 0.3 is 0 Å². The number of amides is 2. The van der Waals surface area contributed by atoms with Gasteiger partial charge in [0, 0.05) is 23.5 Å². The van der Waals surface area contributed by atoms with Gasteiger partial charge in [0.25, 0.3) is 5.91 Å². The summed E-state index contributed by atoms with van der Waals surface area (Å²) in [4.78, 5) is 27.6. The predicted octanol–water partition coefficient (Wildman–Crippen LogP) is 4.64. The standard InChI is InChI=1S/C27H28N2O4S/c1-19(2)34(32,33)24-13-10-20(11-14-24)17-26(30)28-23-12-15-25-22(18-23)9-6-16-29(25)27(31)21-7-4-3-5-8-21/h3-5,7-8,10-15,18-19H,6,9,16-17H2,1-2H3,(H,28,30). The third-order valence-electron chi connectivity index (χ3n) is 5.98. The van der Waals surface area contributed by atoms with Crippen molar-refractivity contribution < 1.29 is 18.0 Å². The normalized spacial score (nSPS) is 13.4. The first-order valence-corrected chi connectivity index (χ1v) is 12.9. The number of carbonyl (C=O) groups excluding carboxylic acids is 2. The molecular formula is C27H28N2O4S. The number of carbonyl (C=O) groups is 2. The average Bonchev–Trinajstić information content (AvgIpc) is 2.83. The molecular weight excluding hydrogens is 448 g/mol. The molecule has 0 saturated heterocycles. The third kappa shape index (κ3) is 5.04. The van der Waals surface area contributed by atoms with Crippen LogP contribution in [0.25, 0.3) is 0 Å². The van der Waals surface area contributed by atoms with Crippen molar-refractivity contribution in [2.75, 3.05) is 16.8 Å². The van der Waals surface area contributed by atoms with Crippen LogP contribution in [0.4, 0.5) is 11.4 Å². The Bertz CT molecular complexity index is 1300. The predicted molar refractivity (Wildman–Crippen MR) is 134 cm³/mol. The van der Waals surface area contributed by atoms with Crippen LogP contribution in [0, 0.1) is 0 Å². The van der Waals surface area contributed by atoms with Crippen LogP contribution in [-0.4, -0.2) is 32.0 Å². The van der Waals surface area contributed by atoms with Gasteiger partial charge in [0.15, 0.2) is 9.84 Å². The first-order chi connectivity index (χ1) is 16.3. The van der Waals surface area contributed by atoms with E-state index in [0.717, 1.165) is 29.7 Å². The number of nitrogens with zero attached hydrogens (tertiary/aromatic N) is 1. The Balaban J connectivity index is 1.44. The van der Waals surface area contributed by atoms with Gasteiger partial charge in [-0.25, -0.2) is 8.42 Å². The molecule has 1 aliphatic heterocycles. The van der Waals surface area contributed by atoms with Gasteiger partial charge in [0.05, 0.1) is 16.6 Å². The van der Waals surface area contributed by atoms with Crippen LogP contribution in [0.2, 0.25) is 0 Å². The van der Waals surface area contributed by atoms with Crippen LogP contribution < -0.4 is 10.2 Å². The van der Waals surface area contributed by atoms with Gasteiger partial charge in [-0.05, 0) is 80.3 Å². The SMILES string of the molecule is CC(C)S(=O)(=O)c1ccc(CC(=O)Nc2ccc3c(c2)CCCN3C(=O)c2ccccc2)cc1. The number of sulfone groups is 1. The van der Waals surface area contributed by atoms with Gasteiger partial charge in [0.1, 0.15) is 0 Å². The van der Waals surface area contributed by atoms with Gasteiger partial charge in [0.2, 0.25) is 5.91 Å². The second-order valence-corrected chi connectivity index (χ2v) is 11.2. The minimum Gasteiger partial charge on any atom is -0.326 e. The Labute approximate surface area is 200 Å². The van der Waals surface area contributed by atoms with E-state index in [4.69, 9.17) is 0 Å². The molecule has 1 N–H and O–H groups in total. The first-order valence-electron chi connectivity index (χ1n) is 11.4. The number of hydrogen-bond acceptors (Lipinski definition) is 4. The Morgan fingerprint density at radius 1 is 0.971 bits per heavy atom. The molecule has 0 unspecified atom stereocenters. The minimum atomic E-state index is -3.34. The van der Waals surface area contributed by atoms with Crippen LogP contribution in [0.15, 0.2) is 77.7 Å². The highest BCUT2D eigenvalue weighted by Gasteiger charge is 2.24. The lowest BCUT2D eigenvalue weighted by Crippen LogP contribution is -2.35. The molecule has 0 atom stereocenters. The van der Waals surface area contributed by atoms with Crippen molar-refractivity contribution in [3.05, 3.63) is 89.5 Å². The second-order valence-electron chi connectivity index (χ2n) is 8.73. The zero-order valence-corrected chi connectivity index (χ0v) is 20.1. The van der Waals surface area contributed by atoms with Crippen molar-refractivity contribution in [1.29, 1.82) is 0 Å². The van der Waals surface area contributed by atoms with Crippen molar-refractivity contribution in [1.82, 2.24) is 0 Å². The van der Waals surface area contributed by atoms with E-state index in [0.29, 0.717) is 17.8 Å². The lowest BCUT2D eigenvalue weighted by molar-refractivity contribution is -0.115. The Morgan fingerprint density at radius 2 is 1.68 bits per heavy atom. The molecule has 7 heteroatoms. The van der Waals surface area contributed by atoms with E-state index in [9.17, 15) is 18.0 Å². The largest absolute Gasteiger partial charge is 0.326 e. The highest BCUT2D eigenvalue weighted by atomic mass is 32.2. The molecule has 6 nitrogen and oxygen atoms in total. The summed E-state index contributed by atoms with van der Waals surface area (Å²) in [6, 6.07) is 21.3. The van der Waals surface area contributed by atoms with Gasteiger partial charge in [-0.15, -0.1) is 0 Å². The maximum atomic E-state index is 13.0. The fourth-order valence-electron chi connectivity index (χ4n) is 4.08. The van der Waals surface area contributed by atoms with Crippen molar-refractivity contribution in [3.63, 3.8) is 0 Å². The Hall–Kier alpha value is -3.45. The number of rotatable bonds is 6. The molecule has 4 rings (SSSR count). The fraction of sp³-hybridized carbons (Fsp3) is 0.259. The summed E-state index contributed by atoms with van der Waals surface area (Å²) in [5.41, 5.74) is 3.96. The summed E-state index contributed by atoms with van der Waals surface area (Å²) in [5, 5.41) is 2.42. The van der Waals surface area contributed by atoms with E-state index in [2.05, 4.69) is 5.32 Å². The number of hydrogen-bond donors (Lipinski definition) is 1. The van der Waals surface area contributed by atoms with Gasteiger partial charge in [-0.2, -0.15) is 0 Å². The van der Waals surface area contributed by atoms with E-state index < -0.39 is 15.1 Å². The summed E-state index contributed by atoms with van der Waals surface area (Å²) >= 11 is 0. The highest BCUT2D eigenvalue weighted by Crippen LogP contribution is 2.31. The van der Waals surface area contributed by atoms with Crippen molar-refractivity contribution >= 4 is 33.0 Å². The highest BCUT2D eigenvalue weighted by molar-refractivity contribution is 7.92. The van der Waals surface area contributed by atoms with Crippen molar-refractivity contribution in [2.45, 2.75) is 43.3 Å². The molecule has 2 amide bonds. The second kappa shape index (κ2) is 9.81. The third-order valence-corrected chi connectivity index (χ3v) is 8.16. The van der Waals surface area contributed by atoms with E-state index in [1.165, 1.54) is 0 Å². The molecule has 0 saturated carbocycles. The Morgan fingerprint density at radius 3 is 2.35 bits per heavy atom. The Kier molecular flexibility index (Phi) is 6.84. The lowest BCUT2D eigenvalue weighted by atomic mass is 10.00. The smallest absolute Gasteiger partial charge is 0.258 e. The van der Waals surface area contributed by atoms with E-state index >= 15 is 0 Å². The molecule has 34 heavy (non-hydrogen) atoms. The quantitative estimate of drug-likeness (QED) is 0.562. The molecule has 0 aliphatic carbocycles. The lowest BCUT2D eigenvalue weighted by Gasteiger charge is -2.30. The average molecular weight is 477 g/mol. The molecule has 176 valence electrons. The summed E-state index contributed by atoms with van der Waals surface area (Å²) < 4.78 is 24.5. The number of fused-ring (bicyclic) bond motifs is 1. The van der Waals surface area contributed by atoms with E-state index in [1.807, 2.05) is 48.5 Å². The summed E-state index contributed by atoms with van der Waals surface area (Å²) in [6.07, 6.45) is 1.83.